The minimum atomic E-state index is 0.00573. The minimum absolute atomic E-state index is 0.00573. The number of aromatic amines is 1. The molecule has 0 spiro atoms. The Bertz CT molecular complexity index is 813. The zero-order valence-electron chi connectivity index (χ0n) is 12.8. The van der Waals surface area contributed by atoms with E-state index >= 15 is 0 Å². The number of fused-ring (bicyclic) bond motifs is 1. The number of nitrogens with one attached hydrogen (secondary N) is 2. The lowest BCUT2D eigenvalue weighted by Gasteiger charge is -2.09. The van der Waals surface area contributed by atoms with E-state index < -0.39 is 0 Å². The monoisotopic (exact) mass is 326 g/mol. The van der Waals surface area contributed by atoms with Crippen LogP contribution in [0, 0.1) is 0 Å². The van der Waals surface area contributed by atoms with Crippen LogP contribution in [0.15, 0.2) is 59.6 Å². The summed E-state index contributed by atoms with van der Waals surface area (Å²) in [5, 5.41) is 4.08. The van der Waals surface area contributed by atoms with Crippen molar-refractivity contribution in [1.82, 2.24) is 10.3 Å². The lowest BCUT2D eigenvalue weighted by atomic mass is 10.2. The van der Waals surface area contributed by atoms with E-state index in [9.17, 15) is 4.79 Å². The summed E-state index contributed by atoms with van der Waals surface area (Å²) < 4.78 is 5.28. The summed E-state index contributed by atoms with van der Waals surface area (Å²) in [6.45, 7) is 0.470. The molecule has 1 amide bonds. The minimum Gasteiger partial charge on any atom is -0.496 e. The summed E-state index contributed by atoms with van der Waals surface area (Å²) in [6, 6.07) is 15.8. The van der Waals surface area contributed by atoms with E-state index in [0.29, 0.717) is 12.3 Å². The van der Waals surface area contributed by atoms with E-state index in [1.165, 1.54) is 11.8 Å². The van der Waals surface area contributed by atoms with Crippen LogP contribution in [-0.2, 0) is 11.3 Å². The molecule has 118 valence electrons. The zero-order valence-corrected chi connectivity index (χ0v) is 13.7. The lowest BCUT2D eigenvalue weighted by Crippen LogP contribution is -2.24. The van der Waals surface area contributed by atoms with Gasteiger partial charge in [0.05, 0.1) is 12.9 Å². The van der Waals surface area contributed by atoms with Gasteiger partial charge < -0.3 is 15.0 Å². The fraction of sp³-hybridized carbons (Fsp3) is 0.167. The molecule has 0 saturated carbocycles. The first-order chi connectivity index (χ1) is 11.3. The molecule has 1 heterocycles. The first-order valence-corrected chi connectivity index (χ1v) is 8.34. The van der Waals surface area contributed by atoms with Gasteiger partial charge in [-0.05, 0) is 12.1 Å². The third-order valence-corrected chi connectivity index (χ3v) is 4.63. The molecule has 0 fully saturated rings. The van der Waals surface area contributed by atoms with E-state index in [1.807, 2.05) is 48.7 Å². The summed E-state index contributed by atoms with van der Waals surface area (Å²) in [6.07, 6.45) is 1.95. The van der Waals surface area contributed by atoms with Gasteiger partial charge in [0.25, 0.3) is 0 Å². The van der Waals surface area contributed by atoms with Gasteiger partial charge in [-0.3, -0.25) is 4.79 Å². The average molecular weight is 326 g/mol. The number of hydrogen-bond acceptors (Lipinski definition) is 3. The number of methoxy groups -OCH3 is 1. The largest absolute Gasteiger partial charge is 0.496 e. The molecule has 3 aromatic rings. The van der Waals surface area contributed by atoms with Crippen molar-refractivity contribution in [3.63, 3.8) is 0 Å². The van der Waals surface area contributed by atoms with Crippen LogP contribution in [0.1, 0.15) is 5.56 Å². The molecule has 3 rings (SSSR count). The number of aromatic nitrogens is 1. The van der Waals surface area contributed by atoms with Crippen molar-refractivity contribution >= 4 is 28.6 Å². The molecule has 2 N–H and O–H groups in total. The van der Waals surface area contributed by atoms with Gasteiger partial charge in [-0.2, -0.15) is 0 Å². The first kappa shape index (κ1) is 15.5. The second kappa shape index (κ2) is 7.24. The zero-order chi connectivity index (χ0) is 16.1. The van der Waals surface area contributed by atoms with Crippen molar-refractivity contribution < 1.29 is 9.53 Å². The summed E-state index contributed by atoms with van der Waals surface area (Å²) in [5.41, 5.74) is 2.06. The third kappa shape index (κ3) is 3.68. The van der Waals surface area contributed by atoms with Crippen LogP contribution >= 0.6 is 11.8 Å². The van der Waals surface area contributed by atoms with E-state index in [1.54, 1.807) is 7.11 Å². The van der Waals surface area contributed by atoms with Crippen LogP contribution in [0.25, 0.3) is 10.9 Å². The molecule has 1 aromatic heterocycles. The topological polar surface area (TPSA) is 54.1 Å². The molecule has 0 aliphatic carbocycles. The molecule has 0 radical (unpaired) electrons. The molecule has 2 aromatic carbocycles. The van der Waals surface area contributed by atoms with Crippen LogP contribution in [0.5, 0.6) is 5.75 Å². The van der Waals surface area contributed by atoms with Crippen molar-refractivity contribution in [2.75, 3.05) is 12.9 Å². The number of rotatable bonds is 6. The predicted molar refractivity (Wildman–Crippen MR) is 93.9 cm³/mol. The second-order valence-electron chi connectivity index (χ2n) is 5.08. The van der Waals surface area contributed by atoms with Crippen molar-refractivity contribution in [3.05, 3.63) is 60.3 Å². The van der Waals surface area contributed by atoms with Gasteiger partial charge in [0.1, 0.15) is 5.75 Å². The molecule has 0 aliphatic heterocycles. The molecule has 0 unspecified atom stereocenters. The first-order valence-electron chi connectivity index (χ1n) is 7.35. The summed E-state index contributed by atoms with van der Waals surface area (Å²) >= 11 is 1.54. The van der Waals surface area contributed by atoms with Gasteiger partial charge in [-0.15, -0.1) is 11.8 Å². The van der Waals surface area contributed by atoms with Gasteiger partial charge in [0.15, 0.2) is 0 Å². The molecule has 5 heteroatoms. The van der Waals surface area contributed by atoms with Crippen molar-refractivity contribution in [1.29, 1.82) is 0 Å². The smallest absolute Gasteiger partial charge is 0.230 e. The number of ether oxygens (including phenoxy) is 1. The Hall–Kier alpha value is -2.40. The van der Waals surface area contributed by atoms with Gasteiger partial charge in [-0.1, -0.05) is 36.4 Å². The highest BCUT2D eigenvalue weighted by atomic mass is 32.2. The molecule has 23 heavy (non-hydrogen) atoms. The van der Waals surface area contributed by atoms with Gasteiger partial charge >= 0.3 is 0 Å². The van der Waals surface area contributed by atoms with Crippen LogP contribution in [0.3, 0.4) is 0 Å². The highest BCUT2D eigenvalue weighted by Gasteiger charge is 2.08. The average Bonchev–Trinajstić information content (AvgIpc) is 3.01. The highest BCUT2D eigenvalue weighted by molar-refractivity contribution is 8.00. The normalized spacial score (nSPS) is 10.7. The maximum atomic E-state index is 12.1. The van der Waals surface area contributed by atoms with E-state index in [0.717, 1.165) is 27.1 Å². The lowest BCUT2D eigenvalue weighted by molar-refractivity contribution is -0.118. The number of amides is 1. The summed E-state index contributed by atoms with van der Waals surface area (Å²) in [4.78, 5) is 16.4. The number of benzene rings is 2. The van der Waals surface area contributed by atoms with E-state index in [4.69, 9.17) is 4.74 Å². The van der Waals surface area contributed by atoms with Gasteiger partial charge in [0.2, 0.25) is 5.91 Å². The Kier molecular flexibility index (Phi) is 4.88. The molecule has 0 bridgehead atoms. The van der Waals surface area contributed by atoms with E-state index in [-0.39, 0.29) is 5.91 Å². The Morgan fingerprint density at radius 3 is 2.83 bits per heavy atom. The molecule has 0 atom stereocenters. The Balaban J connectivity index is 1.56. The molecule has 0 aliphatic rings. The number of carbonyl (C=O) groups excluding carboxylic acids is 1. The highest BCUT2D eigenvalue weighted by Crippen LogP contribution is 2.27. The summed E-state index contributed by atoms with van der Waals surface area (Å²) in [7, 11) is 1.63. The van der Waals surface area contributed by atoms with Gasteiger partial charge in [-0.25, -0.2) is 0 Å². The quantitative estimate of drug-likeness (QED) is 0.681. The predicted octanol–water partition coefficient (Wildman–Crippen LogP) is 3.59. The number of H-pyrrole nitrogens is 1. The van der Waals surface area contributed by atoms with Crippen LogP contribution in [0.4, 0.5) is 0 Å². The number of carbonyl (C=O) groups is 1. The van der Waals surface area contributed by atoms with Gasteiger partial charge in [0, 0.05) is 34.1 Å². The third-order valence-electron chi connectivity index (χ3n) is 3.58. The Morgan fingerprint density at radius 2 is 1.96 bits per heavy atom. The van der Waals surface area contributed by atoms with Crippen molar-refractivity contribution in [2.24, 2.45) is 0 Å². The maximum absolute atomic E-state index is 12.1. The van der Waals surface area contributed by atoms with E-state index in [2.05, 4.69) is 16.4 Å². The van der Waals surface area contributed by atoms with Crippen LogP contribution < -0.4 is 10.1 Å². The Morgan fingerprint density at radius 1 is 1.17 bits per heavy atom. The summed E-state index contributed by atoms with van der Waals surface area (Å²) in [5.74, 6) is 1.18. The second-order valence-corrected chi connectivity index (χ2v) is 6.09. The number of para-hydroxylation sites is 2. The fourth-order valence-electron chi connectivity index (χ4n) is 2.40. The van der Waals surface area contributed by atoms with Crippen molar-refractivity contribution in [3.8, 4) is 5.75 Å². The molecular weight excluding hydrogens is 308 g/mol. The number of hydrogen-bond donors (Lipinski definition) is 2. The van der Waals surface area contributed by atoms with Crippen LogP contribution in [-0.4, -0.2) is 23.8 Å². The molecule has 0 saturated heterocycles. The molecule has 4 nitrogen and oxygen atoms in total. The SMILES string of the molecule is COc1ccccc1CNC(=O)CSc1c[nH]c2ccccc12. The Labute approximate surface area is 139 Å². The number of thioether (sulfide) groups is 1. The molecular formula is C18H18N2O2S. The van der Waals surface area contributed by atoms with Crippen LogP contribution in [0.2, 0.25) is 0 Å². The standard InChI is InChI=1S/C18H18N2O2S/c1-22-16-9-5-2-6-13(16)10-20-18(21)12-23-17-11-19-15-8-4-3-7-14(15)17/h2-9,11,19H,10,12H2,1H3,(H,20,21). The fourth-order valence-corrected chi connectivity index (χ4v) is 3.27. The maximum Gasteiger partial charge on any atom is 0.230 e. The van der Waals surface area contributed by atoms with Crippen molar-refractivity contribution in [2.45, 2.75) is 11.4 Å².